The van der Waals surface area contributed by atoms with Crippen LogP contribution in [-0.4, -0.2) is 32.8 Å². The number of nitrogen functional groups attached to an aromatic ring is 1. The summed E-state index contributed by atoms with van der Waals surface area (Å²) in [5.41, 5.74) is 11.5. The van der Waals surface area contributed by atoms with Crippen molar-refractivity contribution in [3.63, 3.8) is 0 Å². The first-order valence-electron chi connectivity index (χ1n) is 6.46. The Balaban J connectivity index is 1.69. The first kappa shape index (κ1) is 13.0. The van der Waals surface area contributed by atoms with E-state index in [1.54, 1.807) is 11.8 Å². The minimum Gasteiger partial charge on any atom is -0.377 e. The van der Waals surface area contributed by atoms with E-state index in [0.29, 0.717) is 27.5 Å². The van der Waals surface area contributed by atoms with Gasteiger partial charge in [-0.25, -0.2) is 0 Å². The normalized spacial score (nSPS) is 31.5. The molecule has 1 saturated carbocycles. The third-order valence-corrected chi connectivity index (χ3v) is 5.96. The Morgan fingerprint density at radius 1 is 1.26 bits per heavy atom. The van der Waals surface area contributed by atoms with Gasteiger partial charge >= 0.3 is 0 Å². The lowest BCUT2D eigenvalue weighted by Crippen LogP contribution is -2.32. The molecule has 0 amide bonds. The maximum atomic E-state index is 5.81. The first-order chi connectivity index (χ1) is 9.13. The summed E-state index contributed by atoms with van der Waals surface area (Å²) in [4.78, 5) is 0. The van der Waals surface area contributed by atoms with Gasteiger partial charge in [0.1, 0.15) is 10.4 Å². The maximum absolute atomic E-state index is 5.81. The van der Waals surface area contributed by atoms with Crippen molar-refractivity contribution in [3.8, 4) is 0 Å². The molecule has 0 spiro atoms. The Bertz CT molecular complexity index is 487. The van der Waals surface area contributed by atoms with Gasteiger partial charge in [0.2, 0.25) is 5.13 Å². The van der Waals surface area contributed by atoms with E-state index in [4.69, 9.17) is 11.5 Å². The van der Waals surface area contributed by atoms with Crippen molar-refractivity contribution in [1.82, 2.24) is 15.2 Å². The molecule has 8 heteroatoms. The number of hydrogen-bond acceptors (Lipinski definition) is 8. The van der Waals surface area contributed by atoms with Crippen molar-refractivity contribution in [1.29, 1.82) is 0 Å². The second-order valence-corrected chi connectivity index (χ2v) is 7.30. The number of thioether (sulfide) groups is 1. The second kappa shape index (κ2) is 5.16. The molecule has 2 heterocycles. The first-order valence-corrected chi connectivity index (χ1v) is 8.15. The summed E-state index contributed by atoms with van der Waals surface area (Å²) in [5.74, 6) is 1.09. The lowest BCUT2D eigenvalue weighted by Gasteiger charge is -2.33. The van der Waals surface area contributed by atoms with Gasteiger partial charge in [-0.3, -0.25) is 5.01 Å². The van der Waals surface area contributed by atoms with Crippen molar-refractivity contribution >= 4 is 33.4 Å². The van der Waals surface area contributed by atoms with Gasteiger partial charge in [-0.1, -0.05) is 29.5 Å². The lowest BCUT2D eigenvalue weighted by molar-refractivity contribution is 0.207. The molecule has 0 saturated heterocycles. The quantitative estimate of drug-likeness (QED) is 0.862. The van der Waals surface area contributed by atoms with Crippen molar-refractivity contribution in [3.05, 3.63) is 5.01 Å². The van der Waals surface area contributed by atoms with Crippen LogP contribution in [0.3, 0.4) is 0 Å². The second-order valence-electron chi connectivity index (χ2n) is 5.12. The van der Waals surface area contributed by atoms with Crippen molar-refractivity contribution in [2.24, 2.45) is 16.8 Å². The Labute approximate surface area is 120 Å². The maximum Gasteiger partial charge on any atom is 0.203 e. The monoisotopic (exact) mass is 298 g/mol. The van der Waals surface area contributed by atoms with Crippen molar-refractivity contribution < 1.29 is 0 Å². The molecule has 1 unspecified atom stereocenters. The Morgan fingerprint density at radius 3 is 2.74 bits per heavy atom. The highest BCUT2D eigenvalue weighted by atomic mass is 32.2. The molecule has 1 aromatic rings. The van der Waals surface area contributed by atoms with E-state index in [2.05, 4.69) is 15.3 Å². The van der Waals surface area contributed by atoms with Gasteiger partial charge in [-0.05, 0) is 25.2 Å². The summed E-state index contributed by atoms with van der Waals surface area (Å²) >= 11 is 3.20. The zero-order valence-electron chi connectivity index (χ0n) is 10.8. The van der Waals surface area contributed by atoms with Crippen LogP contribution in [0.5, 0.6) is 0 Å². The predicted octanol–water partition coefficient (Wildman–Crippen LogP) is 1.63. The number of anilines is 1. The number of hydrazone groups is 1. The van der Waals surface area contributed by atoms with E-state index in [1.807, 2.05) is 12.1 Å². The van der Waals surface area contributed by atoms with E-state index >= 15 is 0 Å². The SMILES string of the molecule is CN1N=C(N)SC1[C@H]1CCC[C@H](c2nnc(N)s2)C1. The van der Waals surface area contributed by atoms with Crippen LogP contribution in [0.4, 0.5) is 5.13 Å². The van der Waals surface area contributed by atoms with Crippen LogP contribution >= 0.6 is 23.1 Å². The zero-order valence-corrected chi connectivity index (χ0v) is 12.5. The third-order valence-electron chi connectivity index (χ3n) is 3.79. The summed E-state index contributed by atoms with van der Waals surface area (Å²) in [6, 6.07) is 0. The molecule has 0 aromatic carbocycles. The van der Waals surface area contributed by atoms with Crippen molar-refractivity contribution in [2.45, 2.75) is 37.0 Å². The highest BCUT2D eigenvalue weighted by Crippen LogP contribution is 2.43. The molecule has 1 aliphatic heterocycles. The average Bonchev–Trinajstić information content (AvgIpc) is 2.96. The molecule has 1 aliphatic carbocycles. The van der Waals surface area contributed by atoms with E-state index < -0.39 is 0 Å². The fraction of sp³-hybridized carbons (Fsp3) is 0.727. The van der Waals surface area contributed by atoms with Crippen LogP contribution in [0.2, 0.25) is 0 Å². The van der Waals surface area contributed by atoms with Crippen LogP contribution in [0.1, 0.15) is 36.6 Å². The molecule has 104 valence electrons. The number of nitrogens with zero attached hydrogens (tertiary/aromatic N) is 4. The van der Waals surface area contributed by atoms with Gasteiger partial charge in [0, 0.05) is 13.0 Å². The largest absolute Gasteiger partial charge is 0.377 e. The number of hydrogen-bond donors (Lipinski definition) is 2. The molecule has 19 heavy (non-hydrogen) atoms. The summed E-state index contributed by atoms with van der Waals surface area (Å²) in [7, 11) is 2.00. The van der Waals surface area contributed by atoms with Gasteiger partial charge in [-0.15, -0.1) is 10.2 Å². The van der Waals surface area contributed by atoms with Crippen LogP contribution in [0.25, 0.3) is 0 Å². The lowest BCUT2D eigenvalue weighted by atomic mass is 9.81. The van der Waals surface area contributed by atoms with Gasteiger partial charge in [0.25, 0.3) is 0 Å². The Kier molecular flexibility index (Phi) is 3.53. The minimum atomic E-state index is 0.369. The standard InChI is InChI=1S/C11H18N6S2/c1-17-9(19-11(13)16-17)7-4-2-3-6(5-7)8-14-15-10(12)18-8/h6-7,9H,2-5H2,1H3,(H2,12,15)(H2,13,16)/t6-,7-,9?/m0/s1. The summed E-state index contributed by atoms with van der Waals surface area (Å²) in [6.45, 7) is 0. The van der Waals surface area contributed by atoms with Gasteiger partial charge < -0.3 is 11.5 Å². The Hall–Kier alpha value is -1.02. The molecular weight excluding hydrogens is 280 g/mol. The number of amidine groups is 1. The van der Waals surface area contributed by atoms with E-state index in [0.717, 1.165) is 11.4 Å². The van der Waals surface area contributed by atoms with E-state index in [-0.39, 0.29) is 0 Å². The molecular formula is C11H18N6S2. The summed E-state index contributed by atoms with van der Waals surface area (Å²) < 4.78 is 0. The summed E-state index contributed by atoms with van der Waals surface area (Å²) in [5, 5.41) is 17.1. The number of rotatable bonds is 2. The van der Waals surface area contributed by atoms with E-state index in [9.17, 15) is 0 Å². The van der Waals surface area contributed by atoms with E-state index in [1.165, 1.54) is 30.6 Å². The third kappa shape index (κ3) is 2.64. The molecule has 1 aromatic heterocycles. The molecule has 3 rings (SSSR count). The molecule has 3 atom stereocenters. The molecule has 0 bridgehead atoms. The van der Waals surface area contributed by atoms with Crippen molar-refractivity contribution in [2.75, 3.05) is 12.8 Å². The molecule has 2 aliphatic rings. The predicted molar refractivity (Wildman–Crippen MR) is 79.8 cm³/mol. The highest BCUT2D eigenvalue weighted by Gasteiger charge is 2.36. The van der Waals surface area contributed by atoms with Crippen LogP contribution < -0.4 is 11.5 Å². The number of nitrogens with two attached hydrogens (primary N) is 2. The Morgan fingerprint density at radius 2 is 2.11 bits per heavy atom. The molecule has 4 N–H and O–H groups in total. The molecule has 6 nitrogen and oxygen atoms in total. The van der Waals surface area contributed by atoms with Gasteiger partial charge in [0.15, 0.2) is 5.17 Å². The number of aromatic nitrogens is 2. The fourth-order valence-corrected chi connectivity index (χ4v) is 4.78. The average molecular weight is 298 g/mol. The molecule has 0 radical (unpaired) electrons. The highest BCUT2D eigenvalue weighted by molar-refractivity contribution is 8.14. The van der Waals surface area contributed by atoms with Gasteiger partial charge in [-0.2, -0.15) is 5.10 Å². The minimum absolute atomic E-state index is 0.369. The van der Waals surface area contributed by atoms with Gasteiger partial charge in [0.05, 0.1) is 0 Å². The molecule has 1 fully saturated rings. The van der Waals surface area contributed by atoms with Crippen LogP contribution in [0, 0.1) is 5.92 Å². The van der Waals surface area contributed by atoms with Crippen LogP contribution in [-0.2, 0) is 0 Å². The smallest absolute Gasteiger partial charge is 0.203 e. The summed E-state index contributed by atoms with van der Waals surface area (Å²) in [6.07, 6.45) is 4.76. The zero-order chi connectivity index (χ0) is 13.4. The topological polar surface area (TPSA) is 93.4 Å². The van der Waals surface area contributed by atoms with Crippen LogP contribution in [0.15, 0.2) is 5.10 Å². The fourth-order valence-electron chi connectivity index (χ4n) is 2.96.